The van der Waals surface area contributed by atoms with E-state index in [1.54, 1.807) is 13.0 Å². The molecule has 0 unspecified atom stereocenters. The first-order valence-corrected chi connectivity index (χ1v) is 10.6. The minimum Gasteiger partial charge on any atom is -0.308 e. The van der Waals surface area contributed by atoms with Crippen LogP contribution in [0.3, 0.4) is 0 Å². The topological polar surface area (TPSA) is 90.9 Å². The Morgan fingerprint density at radius 1 is 1.06 bits per heavy atom. The zero-order valence-electron chi connectivity index (χ0n) is 19.4. The molecule has 7 heteroatoms. The van der Waals surface area contributed by atoms with Crippen LogP contribution in [0.4, 0.5) is 16.2 Å². The predicted octanol–water partition coefficient (Wildman–Crippen LogP) is 4.22. The van der Waals surface area contributed by atoms with E-state index in [4.69, 9.17) is 0 Å². The summed E-state index contributed by atoms with van der Waals surface area (Å²) >= 11 is 0. The van der Waals surface area contributed by atoms with Gasteiger partial charge in [-0.1, -0.05) is 51.1 Å². The fourth-order valence-corrected chi connectivity index (χ4v) is 3.53. The Bertz CT molecular complexity index is 1100. The van der Waals surface area contributed by atoms with Crippen LogP contribution >= 0.6 is 0 Å². The van der Waals surface area contributed by atoms with Crippen LogP contribution in [0.1, 0.15) is 44.4 Å². The van der Waals surface area contributed by atoms with E-state index in [9.17, 15) is 14.4 Å². The fraction of sp³-hybridized carbons (Fsp3) is 0.360. The van der Waals surface area contributed by atoms with Crippen molar-refractivity contribution in [1.29, 1.82) is 0 Å². The number of Topliss-reactive ketones (excluding diaryl/α,β-unsaturated/α-hetero) is 1. The van der Waals surface area contributed by atoms with Gasteiger partial charge in [0, 0.05) is 22.4 Å². The minimum atomic E-state index is -1.15. The van der Waals surface area contributed by atoms with Crippen molar-refractivity contribution in [2.75, 3.05) is 16.8 Å². The quantitative estimate of drug-likeness (QED) is 0.755. The van der Waals surface area contributed by atoms with Crippen molar-refractivity contribution in [3.05, 3.63) is 59.2 Å². The number of urea groups is 1. The predicted molar refractivity (Wildman–Crippen MR) is 127 cm³/mol. The highest BCUT2D eigenvalue weighted by Crippen LogP contribution is 2.30. The molecule has 0 saturated carbocycles. The molecule has 1 atom stereocenters. The first kappa shape index (κ1) is 23.2. The van der Waals surface area contributed by atoms with Gasteiger partial charge in [-0.15, -0.1) is 0 Å². The molecule has 2 aromatic rings. The maximum atomic E-state index is 13.5. The third-order valence-electron chi connectivity index (χ3n) is 5.40. The minimum absolute atomic E-state index is 0.0810. The standard InChI is InChI=1S/C25H30N4O3/c1-15-9-7-11-18(13-15)27-24(32)28-22-23(31)29(14-20(30)25(4,5)6)21-16(2)10-8-12-19(21)17(3)26-22/h7-13,22H,14H2,1-6H3,(H2,27,28,32)/t22-/m0/s1. The average molecular weight is 435 g/mol. The first-order chi connectivity index (χ1) is 15.0. The fourth-order valence-electron chi connectivity index (χ4n) is 3.53. The van der Waals surface area contributed by atoms with Crippen molar-refractivity contribution < 1.29 is 14.4 Å². The number of rotatable bonds is 4. The molecule has 0 bridgehead atoms. The van der Waals surface area contributed by atoms with Crippen LogP contribution in [0, 0.1) is 19.3 Å². The molecule has 3 rings (SSSR count). The average Bonchev–Trinajstić information content (AvgIpc) is 2.78. The van der Waals surface area contributed by atoms with E-state index in [0.717, 1.165) is 16.7 Å². The summed E-state index contributed by atoms with van der Waals surface area (Å²) in [5.74, 6) is -0.531. The normalized spacial score (nSPS) is 16.1. The van der Waals surface area contributed by atoms with Crippen molar-refractivity contribution in [2.24, 2.45) is 10.4 Å². The molecule has 32 heavy (non-hydrogen) atoms. The van der Waals surface area contributed by atoms with Crippen LogP contribution in [-0.4, -0.2) is 36.1 Å². The number of para-hydroxylation sites is 1. The second kappa shape index (κ2) is 8.94. The summed E-state index contributed by atoms with van der Waals surface area (Å²) in [5, 5.41) is 5.40. The molecule has 0 radical (unpaired) electrons. The summed E-state index contributed by atoms with van der Waals surface area (Å²) in [6.45, 7) is 11.0. The van der Waals surface area contributed by atoms with Gasteiger partial charge >= 0.3 is 6.03 Å². The third kappa shape index (κ3) is 5.04. The molecule has 2 N–H and O–H groups in total. The molecular weight excluding hydrogens is 404 g/mol. The molecule has 0 aliphatic carbocycles. The van der Waals surface area contributed by atoms with E-state index in [0.29, 0.717) is 17.1 Å². The highest BCUT2D eigenvalue weighted by atomic mass is 16.2. The lowest BCUT2D eigenvalue weighted by Gasteiger charge is -2.29. The summed E-state index contributed by atoms with van der Waals surface area (Å²) in [6, 6.07) is 12.5. The molecule has 0 spiro atoms. The Morgan fingerprint density at radius 2 is 1.75 bits per heavy atom. The van der Waals surface area contributed by atoms with Crippen molar-refractivity contribution in [3.8, 4) is 0 Å². The Morgan fingerprint density at radius 3 is 2.41 bits per heavy atom. The Kier molecular flexibility index (Phi) is 6.48. The number of benzene rings is 2. The molecule has 1 aliphatic heterocycles. The number of benzodiazepines with no additional fused rings is 1. The van der Waals surface area contributed by atoms with Gasteiger partial charge in [-0.2, -0.15) is 0 Å². The van der Waals surface area contributed by atoms with Gasteiger partial charge in [0.2, 0.25) is 6.17 Å². The number of nitrogens with zero attached hydrogens (tertiary/aromatic N) is 2. The largest absolute Gasteiger partial charge is 0.321 e. The van der Waals surface area contributed by atoms with Gasteiger partial charge in [0.25, 0.3) is 5.91 Å². The van der Waals surface area contributed by atoms with Crippen molar-refractivity contribution in [2.45, 2.75) is 47.7 Å². The van der Waals surface area contributed by atoms with Crippen LogP contribution in [0.2, 0.25) is 0 Å². The van der Waals surface area contributed by atoms with E-state index in [1.165, 1.54) is 4.90 Å². The van der Waals surface area contributed by atoms with Crippen molar-refractivity contribution in [1.82, 2.24) is 5.32 Å². The molecular formula is C25H30N4O3. The monoisotopic (exact) mass is 434 g/mol. The molecule has 7 nitrogen and oxygen atoms in total. The third-order valence-corrected chi connectivity index (χ3v) is 5.40. The van der Waals surface area contributed by atoms with E-state index in [2.05, 4.69) is 15.6 Å². The Labute approximate surface area is 188 Å². The van der Waals surface area contributed by atoms with Crippen LogP contribution < -0.4 is 15.5 Å². The zero-order valence-corrected chi connectivity index (χ0v) is 19.4. The molecule has 168 valence electrons. The maximum absolute atomic E-state index is 13.5. The van der Waals surface area contributed by atoms with Crippen LogP contribution in [0.5, 0.6) is 0 Å². The number of carbonyl (C=O) groups is 3. The Hall–Kier alpha value is -3.48. The summed E-state index contributed by atoms with van der Waals surface area (Å²) in [5.41, 5.74) is 3.89. The van der Waals surface area contributed by atoms with Crippen molar-refractivity contribution in [3.63, 3.8) is 0 Å². The summed E-state index contributed by atoms with van der Waals surface area (Å²) < 4.78 is 0. The van der Waals surface area contributed by atoms with Gasteiger partial charge < -0.3 is 15.5 Å². The molecule has 0 aromatic heterocycles. The number of hydrogen-bond donors (Lipinski definition) is 2. The van der Waals surface area contributed by atoms with Crippen LogP contribution in [-0.2, 0) is 9.59 Å². The van der Waals surface area contributed by atoms with E-state index in [-0.39, 0.29) is 12.3 Å². The molecule has 3 amide bonds. The number of fused-ring (bicyclic) bond motifs is 1. The number of nitrogens with one attached hydrogen (secondary N) is 2. The summed E-state index contributed by atoms with van der Waals surface area (Å²) in [6.07, 6.45) is -1.15. The first-order valence-electron chi connectivity index (χ1n) is 10.6. The number of amides is 3. The maximum Gasteiger partial charge on any atom is 0.321 e. The SMILES string of the molecule is CC1=N[C@@H](NC(=O)Nc2cccc(C)c2)C(=O)N(CC(=O)C(C)(C)C)c2c(C)cccc21. The lowest BCUT2D eigenvalue weighted by Crippen LogP contribution is -2.51. The van der Waals surface area contributed by atoms with Gasteiger partial charge in [-0.3, -0.25) is 14.6 Å². The number of ketones is 1. The lowest BCUT2D eigenvalue weighted by atomic mass is 9.90. The molecule has 1 heterocycles. The number of aryl methyl sites for hydroxylation is 2. The zero-order chi connectivity index (χ0) is 23.6. The molecule has 0 saturated heterocycles. The smallest absolute Gasteiger partial charge is 0.308 e. The number of carbonyl (C=O) groups excluding carboxylic acids is 3. The molecule has 2 aromatic carbocycles. The summed E-state index contributed by atoms with van der Waals surface area (Å²) in [4.78, 5) is 45.0. The molecule has 0 fully saturated rings. The van der Waals surface area contributed by atoms with Gasteiger partial charge in [0.15, 0.2) is 5.78 Å². The summed E-state index contributed by atoms with van der Waals surface area (Å²) in [7, 11) is 0. The number of hydrogen-bond acceptors (Lipinski definition) is 4. The van der Waals surface area contributed by atoms with Crippen molar-refractivity contribution >= 4 is 34.8 Å². The highest BCUT2D eigenvalue weighted by molar-refractivity contribution is 6.14. The van der Waals surface area contributed by atoms with Gasteiger partial charge in [-0.05, 0) is 44.0 Å². The van der Waals surface area contributed by atoms with Gasteiger partial charge in [0.05, 0.1) is 12.2 Å². The highest BCUT2D eigenvalue weighted by Gasteiger charge is 2.35. The number of anilines is 2. The van der Waals surface area contributed by atoms with Gasteiger partial charge in [0.1, 0.15) is 0 Å². The lowest BCUT2D eigenvalue weighted by molar-refractivity contribution is -0.127. The van der Waals surface area contributed by atoms with Crippen LogP contribution in [0.25, 0.3) is 0 Å². The second-order valence-corrected chi connectivity index (χ2v) is 9.15. The van der Waals surface area contributed by atoms with Gasteiger partial charge in [-0.25, -0.2) is 4.79 Å². The second-order valence-electron chi connectivity index (χ2n) is 9.15. The van der Waals surface area contributed by atoms with E-state index >= 15 is 0 Å². The van der Waals surface area contributed by atoms with E-state index < -0.39 is 23.5 Å². The Balaban J connectivity index is 1.94. The molecule has 1 aliphatic rings. The van der Waals surface area contributed by atoms with E-state index in [1.807, 2.05) is 71.0 Å². The number of aliphatic imine (C=N–C) groups is 1. The van der Waals surface area contributed by atoms with Crippen LogP contribution in [0.15, 0.2) is 47.5 Å².